The quantitative estimate of drug-likeness (QED) is 0.858. The first kappa shape index (κ1) is 11.5. The largest absolute Gasteiger partial charge is 0.389 e. The van der Waals surface area contributed by atoms with Gasteiger partial charge in [0.1, 0.15) is 4.99 Å². The van der Waals surface area contributed by atoms with Crippen LogP contribution >= 0.6 is 28.1 Å². The molecule has 1 rings (SSSR count). The Morgan fingerprint density at radius 2 is 2.21 bits per heavy atom. The lowest BCUT2D eigenvalue weighted by Gasteiger charge is -2.18. The molecule has 2 nitrogen and oxygen atoms in total. The Balaban J connectivity index is 3.07. The lowest BCUT2D eigenvalue weighted by atomic mass is 10.2. The predicted molar refractivity (Wildman–Crippen MR) is 69.0 cm³/mol. The summed E-state index contributed by atoms with van der Waals surface area (Å²) in [5.41, 5.74) is 7.57. The third-order valence-electron chi connectivity index (χ3n) is 2.12. The van der Waals surface area contributed by atoms with Gasteiger partial charge in [-0.1, -0.05) is 12.2 Å². The number of nitrogens with two attached hydrogens (primary N) is 1. The first-order chi connectivity index (χ1) is 6.56. The fourth-order valence-electron chi connectivity index (χ4n) is 1.14. The normalized spacial score (nSPS) is 9.93. The number of nitrogens with zero attached hydrogens (tertiary/aromatic N) is 1. The fraction of sp³-hybridized carbons (Fsp3) is 0.300. The average Bonchev–Trinajstić information content (AvgIpc) is 2.16. The van der Waals surface area contributed by atoms with Gasteiger partial charge in [-0.05, 0) is 41.1 Å². The van der Waals surface area contributed by atoms with Gasteiger partial charge in [0.25, 0.3) is 0 Å². The minimum atomic E-state index is 0.427. The van der Waals surface area contributed by atoms with Crippen LogP contribution in [0.3, 0.4) is 0 Å². The Morgan fingerprint density at radius 3 is 2.64 bits per heavy atom. The summed E-state index contributed by atoms with van der Waals surface area (Å²) >= 11 is 8.40. The fourth-order valence-corrected chi connectivity index (χ4v) is 1.95. The second-order valence-corrected chi connectivity index (χ2v) is 4.34. The lowest BCUT2D eigenvalue weighted by molar-refractivity contribution is 0.964. The number of anilines is 1. The molecule has 1 aromatic rings. The maximum atomic E-state index is 5.54. The summed E-state index contributed by atoms with van der Waals surface area (Å²) in [6.45, 7) is 3.07. The van der Waals surface area contributed by atoms with Gasteiger partial charge in [0.05, 0.1) is 5.69 Å². The van der Waals surface area contributed by atoms with Crippen molar-refractivity contribution in [3.05, 3.63) is 28.2 Å². The van der Waals surface area contributed by atoms with Crippen molar-refractivity contribution in [2.75, 3.05) is 18.5 Å². The number of benzene rings is 1. The second kappa shape index (κ2) is 4.75. The molecule has 76 valence electrons. The molecule has 0 aromatic heterocycles. The van der Waals surface area contributed by atoms with Crippen molar-refractivity contribution in [1.29, 1.82) is 0 Å². The summed E-state index contributed by atoms with van der Waals surface area (Å²) in [5.74, 6) is 0. The lowest BCUT2D eigenvalue weighted by Crippen LogP contribution is -2.17. The zero-order valence-corrected chi connectivity index (χ0v) is 10.7. The average molecular weight is 273 g/mol. The van der Waals surface area contributed by atoms with E-state index in [1.165, 1.54) is 0 Å². The Bertz CT molecular complexity index is 352. The van der Waals surface area contributed by atoms with Crippen LogP contribution in [0.5, 0.6) is 0 Å². The maximum absolute atomic E-state index is 5.54. The van der Waals surface area contributed by atoms with E-state index >= 15 is 0 Å². The van der Waals surface area contributed by atoms with E-state index in [0.717, 1.165) is 22.3 Å². The van der Waals surface area contributed by atoms with Gasteiger partial charge < -0.3 is 10.6 Å². The number of thiocarbonyl (C=S) groups is 1. The van der Waals surface area contributed by atoms with Crippen LogP contribution < -0.4 is 10.6 Å². The molecule has 0 bridgehead atoms. The van der Waals surface area contributed by atoms with E-state index in [4.69, 9.17) is 18.0 Å². The summed E-state index contributed by atoms with van der Waals surface area (Å²) in [6.07, 6.45) is 0. The summed E-state index contributed by atoms with van der Waals surface area (Å²) < 4.78 is 1.02. The van der Waals surface area contributed by atoms with Crippen molar-refractivity contribution in [3.8, 4) is 0 Å². The highest BCUT2D eigenvalue weighted by molar-refractivity contribution is 9.10. The van der Waals surface area contributed by atoms with Crippen molar-refractivity contribution < 1.29 is 0 Å². The minimum absolute atomic E-state index is 0.427. The van der Waals surface area contributed by atoms with Gasteiger partial charge in [0.15, 0.2) is 0 Å². The number of halogens is 1. The van der Waals surface area contributed by atoms with Crippen LogP contribution in [0.1, 0.15) is 12.5 Å². The van der Waals surface area contributed by atoms with Gasteiger partial charge in [-0.15, -0.1) is 0 Å². The minimum Gasteiger partial charge on any atom is -0.389 e. The van der Waals surface area contributed by atoms with Crippen molar-refractivity contribution in [2.24, 2.45) is 5.73 Å². The van der Waals surface area contributed by atoms with Gasteiger partial charge >= 0.3 is 0 Å². The van der Waals surface area contributed by atoms with Crippen LogP contribution in [0.2, 0.25) is 0 Å². The van der Waals surface area contributed by atoms with Crippen LogP contribution in [0, 0.1) is 0 Å². The van der Waals surface area contributed by atoms with E-state index in [1.807, 2.05) is 25.2 Å². The topological polar surface area (TPSA) is 29.3 Å². The Labute approximate surface area is 98.2 Å². The van der Waals surface area contributed by atoms with Crippen LogP contribution in [0.25, 0.3) is 0 Å². The van der Waals surface area contributed by atoms with E-state index in [0.29, 0.717) is 4.99 Å². The van der Waals surface area contributed by atoms with Gasteiger partial charge in [0.2, 0.25) is 0 Å². The molecule has 0 amide bonds. The molecule has 0 radical (unpaired) electrons. The number of rotatable bonds is 3. The Kier molecular flexibility index (Phi) is 3.89. The molecule has 1 aromatic carbocycles. The molecular formula is C10H13BrN2S. The van der Waals surface area contributed by atoms with Gasteiger partial charge in [-0.25, -0.2) is 0 Å². The summed E-state index contributed by atoms with van der Waals surface area (Å²) in [6, 6.07) is 5.90. The van der Waals surface area contributed by atoms with Crippen LogP contribution in [0.4, 0.5) is 5.69 Å². The van der Waals surface area contributed by atoms with Gasteiger partial charge in [-0.3, -0.25) is 0 Å². The molecule has 2 N–H and O–H groups in total. The van der Waals surface area contributed by atoms with E-state index in [9.17, 15) is 0 Å². The molecule has 0 aliphatic heterocycles. The molecule has 0 atom stereocenters. The molecule has 0 spiro atoms. The predicted octanol–water partition coefficient (Wildman–Crippen LogP) is 2.54. The number of hydrogen-bond acceptors (Lipinski definition) is 2. The molecule has 0 heterocycles. The molecule has 0 fully saturated rings. The van der Waals surface area contributed by atoms with Crippen LogP contribution in [-0.4, -0.2) is 18.6 Å². The molecule has 4 heteroatoms. The molecule has 0 aliphatic rings. The Morgan fingerprint density at radius 1 is 1.57 bits per heavy atom. The maximum Gasteiger partial charge on any atom is 0.104 e. The third-order valence-corrected chi connectivity index (χ3v) is 2.99. The van der Waals surface area contributed by atoms with E-state index in [2.05, 4.69) is 27.8 Å². The second-order valence-electron chi connectivity index (χ2n) is 3.04. The zero-order chi connectivity index (χ0) is 10.7. The van der Waals surface area contributed by atoms with E-state index in [-0.39, 0.29) is 0 Å². The standard InChI is InChI=1S/C10H13BrN2S/c1-3-13(2)9-5-4-7(10(12)14)6-8(9)11/h4-6H,3H2,1-2H3,(H2,12,14). The van der Waals surface area contributed by atoms with Gasteiger partial charge in [-0.2, -0.15) is 0 Å². The molecule has 14 heavy (non-hydrogen) atoms. The summed E-state index contributed by atoms with van der Waals surface area (Å²) in [4.78, 5) is 2.57. The van der Waals surface area contributed by atoms with E-state index in [1.54, 1.807) is 0 Å². The molecular weight excluding hydrogens is 260 g/mol. The highest BCUT2D eigenvalue weighted by Gasteiger charge is 2.05. The van der Waals surface area contributed by atoms with E-state index < -0.39 is 0 Å². The van der Waals surface area contributed by atoms with Gasteiger partial charge in [0, 0.05) is 23.6 Å². The molecule has 0 aliphatic carbocycles. The highest BCUT2D eigenvalue weighted by atomic mass is 79.9. The molecule has 0 unspecified atom stereocenters. The summed E-state index contributed by atoms with van der Waals surface area (Å²) in [7, 11) is 2.04. The van der Waals surface area contributed by atoms with Crippen molar-refractivity contribution in [3.63, 3.8) is 0 Å². The van der Waals surface area contributed by atoms with Crippen molar-refractivity contribution in [1.82, 2.24) is 0 Å². The highest BCUT2D eigenvalue weighted by Crippen LogP contribution is 2.26. The first-order valence-corrected chi connectivity index (χ1v) is 5.57. The van der Waals surface area contributed by atoms with Crippen molar-refractivity contribution >= 4 is 38.8 Å². The Hall–Kier alpha value is -0.610. The summed E-state index contributed by atoms with van der Waals surface area (Å²) in [5, 5.41) is 0. The monoisotopic (exact) mass is 272 g/mol. The van der Waals surface area contributed by atoms with Crippen LogP contribution in [0.15, 0.2) is 22.7 Å². The zero-order valence-electron chi connectivity index (χ0n) is 8.25. The SMILES string of the molecule is CCN(C)c1ccc(C(N)=S)cc1Br. The number of hydrogen-bond donors (Lipinski definition) is 1. The van der Waals surface area contributed by atoms with Crippen LogP contribution in [-0.2, 0) is 0 Å². The van der Waals surface area contributed by atoms with Crippen molar-refractivity contribution in [2.45, 2.75) is 6.92 Å². The molecule has 0 saturated heterocycles. The first-order valence-electron chi connectivity index (χ1n) is 4.36. The third kappa shape index (κ3) is 2.45. The smallest absolute Gasteiger partial charge is 0.104 e. The molecule has 0 saturated carbocycles.